The summed E-state index contributed by atoms with van der Waals surface area (Å²) in [5.41, 5.74) is 5.62. The Labute approximate surface area is 101 Å². The molecule has 1 saturated heterocycles. The number of likely N-dealkylation sites (tertiary alicyclic amines) is 1. The zero-order chi connectivity index (χ0) is 12.5. The highest BCUT2D eigenvalue weighted by Gasteiger charge is 2.44. The fraction of sp³-hybridized carbons (Fsp3) is 0.692. The molecule has 17 heavy (non-hydrogen) atoms. The van der Waals surface area contributed by atoms with E-state index in [-0.39, 0.29) is 12.5 Å². The first-order chi connectivity index (χ1) is 8.08. The van der Waals surface area contributed by atoms with Crippen LogP contribution in [0, 0.1) is 5.92 Å². The third-order valence-electron chi connectivity index (χ3n) is 3.82. The molecule has 1 aliphatic carbocycles. The molecule has 0 radical (unpaired) electrons. The molecule has 2 aliphatic rings. The molecule has 4 atom stereocenters. The van der Waals surface area contributed by atoms with Crippen molar-refractivity contribution in [3.63, 3.8) is 0 Å². The number of piperidine rings is 1. The van der Waals surface area contributed by atoms with Crippen molar-refractivity contribution < 1.29 is 8.78 Å². The van der Waals surface area contributed by atoms with Crippen molar-refractivity contribution in [2.75, 3.05) is 13.1 Å². The van der Waals surface area contributed by atoms with Crippen LogP contribution in [-0.4, -0.2) is 36.0 Å². The van der Waals surface area contributed by atoms with Crippen LogP contribution in [0.1, 0.15) is 19.8 Å². The normalized spacial score (nSPS) is 42.9. The molecular formula is C13H20F2N2. The van der Waals surface area contributed by atoms with E-state index in [4.69, 9.17) is 5.73 Å². The average Bonchev–Trinajstić information content (AvgIpc) is 2.33. The van der Waals surface area contributed by atoms with E-state index < -0.39 is 18.0 Å². The fourth-order valence-electron chi connectivity index (χ4n) is 2.64. The quantitative estimate of drug-likeness (QED) is 0.752. The van der Waals surface area contributed by atoms with Crippen LogP contribution in [-0.2, 0) is 0 Å². The van der Waals surface area contributed by atoms with Gasteiger partial charge in [0.15, 0.2) is 5.79 Å². The van der Waals surface area contributed by atoms with Gasteiger partial charge in [-0.1, -0.05) is 25.2 Å². The lowest BCUT2D eigenvalue weighted by molar-refractivity contribution is -0.0603. The molecule has 0 amide bonds. The molecule has 0 aromatic heterocycles. The van der Waals surface area contributed by atoms with Crippen molar-refractivity contribution >= 4 is 0 Å². The Hall–Kier alpha value is -0.740. The number of hydrogen-bond donors (Lipinski definition) is 1. The van der Waals surface area contributed by atoms with E-state index in [2.05, 4.69) is 0 Å². The molecule has 1 heterocycles. The monoisotopic (exact) mass is 242 g/mol. The maximum atomic E-state index is 15.0. The number of halogens is 2. The number of nitrogens with two attached hydrogens (primary N) is 1. The molecule has 0 bridgehead atoms. The van der Waals surface area contributed by atoms with E-state index in [1.807, 2.05) is 19.1 Å². The minimum absolute atomic E-state index is 0.0896. The zero-order valence-corrected chi connectivity index (χ0v) is 10.2. The Balaban J connectivity index is 2.15. The SMILES string of the molecule is CCC1C=CC=CC1(F)N1CC[C@@H](N)[C@H](F)C1. The molecule has 2 rings (SSSR count). The van der Waals surface area contributed by atoms with Crippen LogP contribution < -0.4 is 5.73 Å². The highest BCUT2D eigenvalue weighted by molar-refractivity contribution is 5.21. The van der Waals surface area contributed by atoms with Crippen molar-refractivity contribution in [2.24, 2.45) is 11.7 Å². The number of rotatable bonds is 2. The molecule has 1 fully saturated rings. The van der Waals surface area contributed by atoms with Gasteiger partial charge in [0, 0.05) is 25.0 Å². The van der Waals surface area contributed by atoms with Gasteiger partial charge in [0.1, 0.15) is 6.17 Å². The highest BCUT2D eigenvalue weighted by Crippen LogP contribution is 2.36. The van der Waals surface area contributed by atoms with Gasteiger partial charge in [0.25, 0.3) is 0 Å². The van der Waals surface area contributed by atoms with Crippen LogP contribution in [0.25, 0.3) is 0 Å². The first-order valence-electron chi connectivity index (χ1n) is 6.27. The van der Waals surface area contributed by atoms with Crippen LogP contribution in [0.5, 0.6) is 0 Å². The lowest BCUT2D eigenvalue weighted by atomic mass is 9.87. The van der Waals surface area contributed by atoms with Gasteiger partial charge in [-0.05, 0) is 18.9 Å². The minimum atomic E-state index is -1.55. The van der Waals surface area contributed by atoms with E-state index in [1.54, 1.807) is 17.1 Å². The van der Waals surface area contributed by atoms with Crippen LogP contribution >= 0.6 is 0 Å². The molecule has 4 heteroatoms. The molecule has 2 N–H and O–H groups in total. The van der Waals surface area contributed by atoms with Crippen LogP contribution in [0.2, 0.25) is 0 Å². The zero-order valence-electron chi connectivity index (χ0n) is 10.2. The summed E-state index contributed by atoms with van der Waals surface area (Å²) in [5.74, 6) is -1.75. The van der Waals surface area contributed by atoms with Crippen LogP contribution in [0.3, 0.4) is 0 Å². The average molecular weight is 242 g/mol. The predicted molar refractivity (Wildman–Crippen MR) is 65.0 cm³/mol. The Morgan fingerprint density at radius 3 is 2.88 bits per heavy atom. The molecule has 0 aromatic rings. The predicted octanol–water partition coefficient (Wildman–Crippen LogP) is 2.18. The molecule has 0 saturated carbocycles. The Morgan fingerprint density at radius 2 is 2.24 bits per heavy atom. The van der Waals surface area contributed by atoms with Crippen molar-refractivity contribution in [2.45, 2.75) is 37.8 Å². The standard InChI is InChI=1S/C13H20F2N2/c1-2-10-5-3-4-7-13(10,15)17-8-6-12(16)11(14)9-17/h3-5,7,10-12H,2,6,8-9,16H2,1H3/t10?,11-,12-,13?/m1/s1. The van der Waals surface area contributed by atoms with Gasteiger partial charge >= 0.3 is 0 Å². The first-order valence-corrected chi connectivity index (χ1v) is 6.27. The maximum absolute atomic E-state index is 15.0. The van der Waals surface area contributed by atoms with E-state index in [0.29, 0.717) is 19.4 Å². The summed E-state index contributed by atoms with van der Waals surface area (Å²) in [4.78, 5) is 1.59. The number of hydrogen-bond acceptors (Lipinski definition) is 2. The van der Waals surface area contributed by atoms with Gasteiger partial charge < -0.3 is 5.73 Å². The lowest BCUT2D eigenvalue weighted by Crippen LogP contribution is -2.58. The molecule has 96 valence electrons. The van der Waals surface area contributed by atoms with Crippen LogP contribution in [0.4, 0.5) is 8.78 Å². The van der Waals surface area contributed by atoms with Crippen molar-refractivity contribution in [1.82, 2.24) is 4.90 Å². The molecule has 0 aromatic carbocycles. The van der Waals surface area contributed by atoms with Crippen molar-refractivity contribution in [3.8, 4) is 0 Å². The van der Waals surface area contributed by atoms with E-state index >= 15 is 4.39 Å². The first kappa shape index (κ1) is 12.7. The summed E-state index contributed by atoms with van der Waals surface area (Å²) in [6, 6.07) is -0.446. The highest BCUT2D eigenvalue weighted by atomic mass is 19.1. The summed E-state index contributed by atoms with van der Waals surface area (Å²) in [5, 5.41) is 0. The number of alkyl halides is 2. The van der Waals surface area contributed by atoms with E-state index in [1.165, 1.54) is 0 Å². The summed E-state index contributed by atoms with van der Waals surface area (Å²) in [6.07, 6.45) is 7.06. The summed E-state index contributed by atoms with van der Waals surface area (Å²) in [7, 11) is 0. The van der Waals surface area contributed by atoms with Gasteiger partial charge in [-0.25, -0.2) is 8.78 Å². The number of nitrogens with zero attached hydrogens (tertiary/aromatic N) is 1. The molecular weight excluding hydrogens is 222 g/mol. The Morgan fingerprint density at radius 1 is 1.47 bits per heavy atom. The second-order valence-corrected chi connectivity index (χ2v) is 4.90. The van der Waals surface area contributed by atoms with Crippen molar-refractivity contribution in [1.29, 1.82) is 0 Å². The third kappa shape index (κ3) is 2.29. The molecule has 2 unspecified atom stereocenters. The van der Waals surface area contributed by atoms with Gasteiger partial charge in [0.2, 0.25) is 0 Å². The second-order valence-electron chi connectivity index (χ2n) is 4.90. The van der Waals surface area contributed by atoms with Gasteiger partial charge in [-0.3, -0.25) is 4.90 Å². The van der Waals surface area contributed by atoms with Crippen LogP contribution in [0.15, 0.2) is 24.3 Å². The number of allylic oxidation sites excluding steroid dienone is 2. The van der Waals surface area contributed by atoms with E-state index in [9.17, 15) is 4.39 Å². The molecule has 1 aliphatic heterocycles. The van der Waals surface area contributed by atoms with Crippen molar-refractivity contribution in [3.05, 3.63) is 24.3 Å². The summed E-state index contributed by atoms with van der Waals surface area (Å²) >= 11 is 0. The molecule has 0 spiro atoms. The Kier molecular flexibility index (Phi) is 3.64. The van der Waals surface area contributed by atoms with Gasteiger partial charge in [0.05, 0.1) is 0 Å². The van der Waals surface area contributed by atoms with Gasteiger partial charge in [-0.2, -0.15) is 0 Å². The maximum Gasteiger partial charge on any atom is 0.189 e. The van der Waals surface area contributed by atoms with Gasteiger partial charge in [-0.15, -0.1) is 0 Å². The third-order valence-corrected chi connectivity index (χ3v) is 3.82. The summed E-state index contributed by atoms with van der Waals surface area (Å²) < 4.78 is 28.6. The van der Waals surface area contributed by atoms with E-state index in [0.717, 1.165) is 0 Å². The lowest BCUT2D eigenvalue weighted by Gasteiger charge is -2.44. The fourth-order valence-corrected chi connectivity index (χ4v) is 2.64. The topological polar surface area (TPSA) is 29.3 Å². The smallest absolute Gasteiger partial charge is 0.189 e. The Bertz CT molecular complexity index is 329. The molecule has 2 nitrogen and oxygen atoms in total. The summed E-state index contributed by atoms with van der Waals surface area (Å²) in [6.45, 7) is 2.56. The largest absolute Gasteiger partial charge is 0.325 e. The minimum Gasteiger partial charge on any atom is -0.325 e. The second kappa shape index (κ2) is 4.86.